The molecule has 1 aromatic rings. The van der Waals surface area contributed by atoms with Gasteiger partial charge in [0.1, 0.15) is 5.76 Å². The Labute approximate surface area is 146 Å². The van der Waals surface area contributed by atoms with Crippen LogP contribution in [0.15, 0.2) is 35.0 Å². The average molecular weight is 344 g/mol. The van der Waals surface area contributed by atoms with Gasteiger partial charge >= 0.3 is 0 Å². The molecule has 5 atom stereocenters. The van der Waals surface area contributed by atoms with Crippen LogP contribution < -0.4 is 5.11 Å². The van der Waals surface area contributed by atoms with E-state index in [0.29, 0.717) is 25.5 Å². The maximum atomic E-state index is 13.3. The van der Waals surface area contributed by atoms with Crippen LogP contribution in [0, 0.1) is 23.7 Å². The first-order chi connectivity index (χ1) is 12.1. The van der Waals surface area contributed by atoms with Gasteiger partial charge in [-0.3, -0.25) is 4.79 Å². The van der Waals surface area contributed by atoms with Crippen molar-refractivity contribution in [2.75, 3.05) is 13.2 Å². The zero-order chi connectivity index (χ0) is 17.4. The quantitative estimate of drug-likeness (QED) is 0.718. The zero-order valence-corrected chi connectivity index (χ0v) is 14.0. The van der Waals surface area contributed by atoms with Gasteiger partial charge in [0.25, 0.3) is 0 Å². The van der Waals surface area contributed by atoms with Crippen molar-refractivity contribution in [1.29, 1.82) is 0 Å². The van der Waals surface area contributed by atoms with E-state index in [-0.39, 0.29) is 23.8 Å². The van der Waals surface area contributed by atoms with Crippen molar-refractivity contribution in [3.63, 3.8) is 0 Å². The van der Waals surface area contributed by atoms with Crippen molar-refractivity contribution in [2.24, 2.45) is 23.7 Å². The van der Waals surface area contributed by atoms with Gasteiger partial charge in [0.15, 0.2) is 0 Å². The number of hydrogen-bond acceptors (Lipinski definition) is 5. The van der Waals surface area contributed by atoms with Gasteiger partial charge in [0, 0.05) is 25.0 Å². The van der Waals surface area contributed by atoms with Crippen molar-refractivity contribution in [3.8, 4) is 0 Å². The highest BCUT2D eigenvalue weighted by Gasteiger charge is 2.50. The second-order valence-electron chi connectivity index (χ2n) is 7.25. The molecule has 3 aliphatic rings. The van der Waals surface area contributed by atoms with Crippen LogP contribution in [0.5, 0.6) is 0 Å². The molecule has 1 saturated carbocycles. The van der Waals surface area contributed by atoms with E-state index in [1.165, 1.54) is 0 Å². The lowest BCUT2D eigenvalue weighted by Gasteiger charge is -2.33. The average Bonchev–Trinajstić information content (AvgIpc) is 3.36. The minimum Gasteiger partial charge on any atom is -0.550 e. The Hall–Kier alpha value is -2.08. The number of carbonyl (C=O) groups is 2. The van der Waals surface area contributed by atoms with Gasteiger partial charge in [-0.2, -0.15) is 0 Å². The van der Waals surface area contributed by atoms with Crippen molar-refractivity contribution in [1.82, 2.24) is 4.90 Å². The second kappa shape index (κ2) is 6.67. The van der Waals surface area contributed by atoms with Crippen LogP contribution in [-0.4, -0.2) is 36.0 Å². The summed E-state index contributed by atoms with van der Waals surface area (Å²) in [6.07, 6.45) is 8.14. The van der Waals surface area contributed by atoms with Crippen LogP contribution in [-0.2, 0) is 20.9 Å². The Balaban J connectivity index is 1.55. The van der Waals surface area contributed by atoms with Crippen LogP contribution in [0.1, 0.15) is 25.0 Å². The third-order valence-corrected chi connectivity index (χ3v) is 5.70. The topological polar surface area (TPSA) is 82.8 Å². The van der Waals surface area contributed by atoms with Crippen molar-refractivity contribution in [3.05, 3.63) is 36.3 Å². The smallest absolute Gasteiger partial charge is 0.227 e. The highest BCUT2D eigenvalue weighted by atomic mass is 16.5. The molecule has 2 bridgehead atoms. The highest BCUT2D eigenvalue weighted by Crippen LogP contribution is 2.48. The molecule has 4 rings (SSSR count). The van der Waals surface area contributed by atoms with Gasteiger partial charge in [-0.1, -0.05) is 12.2 Å². The molecule has 2 heterocycles. The van der Waals surface area contributed by atoms with E-state index < -0.39 is 17.8 Å². The number of ether oxygens (including phenoxy) is 1. The predicted molar refractivity (Wildman–Crippen MR) is 85.8 cm³/mol. The van der Waals surface area contributed by atoms with Crippen molar-refractivity contribution in [2.45, 2.75) is 31.9 Å². The number of carboxylic acids is 1. The summed E-state index contributed by atoms with van der Waals surface area (Å²) in [5.41, 5.74) is 0. The van der Waals surface area contributed by atoms with E-state index in [0.717, 1.165) is 19.3 Å². The largest absolute Gasteiger partial charge is 0.550 e. The van der Waals surface area contributed by atoms with Crippen LogP contribution in [0.3, 0.4) is 0 Å². The summed E-state index contributed by atoms with van der Waals surface area (Å²) in [7, 11) is 0. The van der Waals surface area contributed by atoms with E-state index in [1.54, 1.807) is 17.2 Å². The Bertz CT molecular complexity index is 661. The molecule has 2 fully saturated rings. The Morgan fingerprint density at radius 2 is 2.04 bits per heavy atom. The number of carboxylic acid groups (broad SMARTS) is 1. The lowest BCUT2D eigenvalue weighted by atomic mass is 9.82. The maximum Gasteiger partial charge on any atom is 0.227 e. The number of rotatable bonds is 6. The third-order valence-electron chi connectivity index (χ3n) is 5.70. The van der Waals surface area contributed by atoms with E-state index in [4.69, 9.17) is 9.15 Å². The summed E-state index contributed by atoms with van der Waals surface area (Å²) in [4.78, 5) is 26.6. The van der Waals surface area contributed by atoms with E-state index >= 15 is 0 Å². The fourth-order valence-corrected chi connectivity index (χ4v) is 4.55. The van der Waals surface area contributed by atoms with E-state index in [2.05, 4.69) is 0 Å². The molecular formula is C19H22NO5-. The molecule has 0 N–H and O–H groups in total. The number of hydrogen-bond donors (Lipinski definition) is 0. The number of allylic oxidation sites excluding steroid dienone is 2. The number of aliphatic carboxylic acids is 1. The Kier molecular flexibility index (Phi) is 4.37. The number of nitrogens with zero attached hydrogens (tertiary/aromatic N) is 1. The minimum atomic E-state index is -1.12. The molecule has 1 amide bonds. The van der Waals surface area contributed by atoms with Crippen LogP contribution in [0.25, 0.3) is 0 Å². The van der Waals surface area contributed by atoms with Crippen molar-refractivity contribution < 1.29 is 23.8 Å². The fourth-order valence-electron chi connectivity index (χ4n) is 4.55. The summed E-state index contributed by atoms with van der Waals surface area (Å²) < 4.78 is 11.1. The molecule has 6 nitrogen and oxygen atoms in total. The lowest BCUT2D eigenvalue weighted by molar-refractivity contribution is -0.313. The van der Waals surface area contributed by atoms with Crippen LogP contribution in [0.2, 0.25) is 0 Å². The first kappa shape index (κ1) is 16.4. The molecule has 1 aliphatic heterocycles. The van der Waals surface area contributed by atoms with Crippen molar-refractivity contribution >= 4 is 11.9 Å². The fraction of sp³-hybridized carbons (Fsp3) is 0.579. The monoisotopic (exact) mass is 344 g/mol. The second-order valence-corrected chi connectivity index (χ2v) is 7.25. The summed E-state index contributed by atoms with van der Waals surface area (Å²) >= 11 is 0. The molecule has 0 unspecified atom stereocenters. The van der Waals surface area contributed by atoms with Gasteiger partial charge in [0.2, 0.25) is 5.91 Å². The SMILES string of the molecule is O=C([O-])[C@H]1[C@@H](C(=O)N(Cc2ccco2)C[C@H]2CCCO2)[C@@H]2C=C[C@@H]1C2. The van der Waals surface area contributed by atoms with Crippen LogP contribution in [0.4, 0.5) is 0 Å². The predicted octanol–water partition coefficient (Wildman–Crippen LogP) is 0.975. The third kappa shape index (κ3) is 3.11. The molecule has 0 radical (unpaired) electrons. The molecule has 6 heteroatoms. The number of furan rings is 1. The Morgan fingerprint density at radius 1 is 1.24 bits per heavy atom. The normalized spacial score (nSPS) is 33.0. The first-order valence-electron chi connectivity index (χ1n) is 8.95. The number of amides is 1. The summed E-state index contributed by atoms with van der Waals surface area (Å²) in [5.74, 6) is -1.93. The first-order valence-corrected chi connectivity index (χ1v) is 8.95. The Morgan fingerprint density at radius 3 is 2.68 bits per heavy atom. The molecule has 0 aromatic carbocycles. The van der Waals surface area contributed by atoms with Crippen LogP contribution >= 0.6 is 0 Å². The molecule has 25 heavy (non-hydrogen) atoms. The molecule has 2 aliphatic carbocycles. The van der Waals surface area contributed by atoms with E-state index in [9.17, 15) is 14.7 Å². The lowest BCUT2D eigenvalue weighted by Crippen LogP contribution is -2.47. The van der Waals surface area contributed by atoms with E-state index in [1.807, 2.05) is 18.2 Å². The van der Waals surface area contributed by atoms with Gasteiger partial charge in [-0.15, -0.1) is 0 Å². The standard InChI is InChI=1S/C19H23NO5/c21-18(16-12-5-6-13(9-12)17(16)19(22)23)20(10-14-3-1-7-24-14)11-15-4-2-8-25-15/h1,3,5-7,12-13,15-17H,2,4,8-11H2,(H,22,23)/p-1/t12-,13-,15-,16+,17-/m1/s1. The van der Waals surface area contributed by atoms with Gasteiger partial charge < -0.3 is 24.0 Å². The number of carbonyl (C=O) groups excluding carboxylic acids is 2. The van der Waals surface area contributed by atoms with Gasteiger partial charge in [-0.05, 0) is 43.2 Å². The molecule has 1 saturated heterocycles. The molecule has 134 valence electrons. The summed E-state index contributed by atoms with van der Waals surface area (Å²) in [5, 5.41) is 11.6. The molecular weight excluding hydrogens is 322 g/mol. The van der Waals surface area contributed by atoms with Gasteiger partial charge in [-0.25, -0.2) is 0 Å². The summed E-state index contributed by atoms with van der Waals surface area (Å²) in [6.45, 7) is 1.52. The summed E-state index contributed by atoms with van der Waals surface area (Å²) in [6, 6.07) is 3.61. The highest BCUT2D eigenvalue weighted by molar-refractivity contribution is 5.86. The van der Waals surface area contributed by atoms with Gasteiger partial charge in [0.05, 0.1) is 24.8 Å². The maximum absolute atomic E-state index is 13.3. The zero-order valence-electron chi connectivity index (χ0n) is 14.0. The minimum absolute atomic E-state index is 0.00875. The number of fused-ring (bicyclic) bond motifs is 2. The molecule has 0 spiro atoms. The molecule has 1 aromatic heterocycles.